The molecule has 0 saturated carbocycles. The number of rotatable bonds is 6. The molecular weight excluding hydrogens is 272 g/mol. The van der Waals surface area contributed by atoms with Gasteiger partial charge in [0.1, 0.15) is 0 Å². The highest BCUT2D eigenvalue weighted by atomic mass is 35.5. The molecule has 0 radical (unpaired) electrons. The van der Waals surface area contributed by atoms with Crippen LogP contribution in [0.5, 0.6) is 0 Å². The second-order valence-corrected chi connectivity index (χ2v) is 5.12. The van der Waals surface area contributed by atoms with E-state index in [0.29, 0.717) is 23.6 Å². The van der Waals surface area contributed by atoms with Crippen molar-refractivity contribution in [3.05, 3.63) is 64.9 Å². The van der Waals surface area contributed by atoms with Crippen LogP contribution >= 0.6 is 11.6 Å². The molecule has 0 unspecified atom stereocenters. The van der Waals surface area contributed by atoms with Crippen LogP contribution in [0, 0.1) is 0 Å². The number of nitrogens with zero attached hydrogens (tertiary/aromatic N) is 2. The summed E-state index contributed by atoms with van der Waals surface area (Å²) < 4.78 is 0. The van der Waals surface area contributed by atoms with E-state index >= 15 is 0 Å². The highest BCUT2D eigenvalue weighted by molar-refractivity contribution is 6.33. The van der Waals surface area contributed by atoms with Crippen LogP contribution in [0.3, 0.4) is 0 Å². The van der Waals surface area contributed by atoms with E-state index in [-0.39, 0.29) is 5.78 Å². The monoisotopic (exact) mass is 288 g/mol. The SMILES string of the molecule is CN(CCC(=O)c1ccccc1Cl)Cc1ccccn1. The molecule has 3 nitrogen and oxygen atoms in total. The summed E-state index contributed by atoms with van der Waals surface area (Å²) in [4.78, 5) is 18.4. The number of ketones is 1. The van der Waals surface area contributed by atoms with E-state index in [1.54, 1.807) is 18.3 Å². The molecule has 0 amide bonds. The smallest absolute Gasteiger partial charge is 0.165 e. The average molecular weight is 289 g/mol. The van der Waals surface area contributed by atoms with Gasteiger partial charge in [0.05, 0.1) is 10.7 Å². The molecule has 20 heavy (non-hydrogen) atoms. The van der Waals surface area contributed by atoms with E-state index in [4.69, 9.17) is 11.6 Å². The van der Waals surface area contributed by atoms with Crippen molar-refractivity contribution < 1.29 is 4.79 Å². The van der Waals surface area contributed by atoms with Crippen molar-refractivity contribution in [2.24, 2.45) is 0 Å². The Balaban J connectivity index is 1.86. The van der Waals surface area contributed by atoms with Gasteiger partial charge in [-0.2, -0.15) is 0 Å². The molecule has 0 spiro atoms. The van der Waals surface area contributed by atoms with Crippen LogP contribution in [0.1, 0.15) is 22.5 Å². The van der Waals surface area contributed by atoms with Crippen molar-refractivity contribution >= 4 is 17.4 Å². The van der Waals surface area contributed by atoms with Crippen molar-refractivity contribution in [1.29, 1.82) is 0 Å². The number of carbonyl (C=O) groups excluding carboxylic acids is 1. The van der Waals surface area contributed by atoms with Gasteiger partial charge < -0.3 is 4.90 Å². The Morgan fingerprint density at radius 1 is 1.20 bits per heavy atom. The Morgan fingerprint density at radius 3 is 2.65 bits per heavy atom. The molecule has 0 fully saturated rings. The molecule has 1 aromatic carbocycles. The highest BCUT2D eigenvalue weighted by Gasteiger charge is 2.11. The van der Waals surface area contributed by atoms with Crippen LogP contribution in [-0.4, -0.2) is 29.3 Å². The highest BCUT2D eigenvalue weighted by Crippen LogP contribution is 2.16. The largest absolute Gasteiger partial charge is 0.300 e. The minimum Gasteiger partial charge on any atom is -0.300 e. The number of hydrogen-bond donors (Lipinski definition) is 0. The van der Waals surface area contributed by atoms with Crippen LogP contribution in [0.25, 0.3) is 0 Å². The standard InChI is InChI=1S/C16H17ClN2O/c1-19(12-13-6-4-5-10-18-13)11-9-16(20)14-7-2-3-8-15(14)17/h2-8,10H,9,11-12H2,1H3. The lowest BCUT2D eigenvalue weighted by Crippen LogP contribution is -2.22. The van der Waals surface area contributed by atoms with Gasteiger partial charge in [0.15, 0.2) is 5.78 Å². The maximum absolute atomic E-state index is 12.1. The predicted molar refractivity (Wildman–Crippen MR) is 81.0 cm³/mol. The first-order valence-electron chi connectivity index (χ1n) is 6.53. The number of hydrogen-bond acceptors (Lipinski definition) is 3. The number of halogens is 1. The molecule has 104 valence electrons. The number of aromatic nitrogens is 1. The first kappa shape index (κ1) is 14.7. The molecule has 2 aromatic rings. The molecule has 0 atom stereocenters. The zero-order valence-electron chi connectivity index (χ0n) is 11.4. The summed E-state index contributed by atoms with van der Waals surface area (Å²) in [5.74, 6) is 0.0727. The first-order valence-corrected chi connectivity index (χ1v) is 6.91. The Hall–Kier alpha value is -1.71. The molecule has 0 bridgehead atoms. The molecule has 0 N–H and O–H groups in total. The van der Waals surface area contributed by atoms with Gasteiger partial charge in [0, 0.05) is 31.3 Å². The van der Waals surface area contributed by atoms with Gasteiger partial charge in [0.2, 0.25) is 0 Å². The molecule has 1 aromatic heterocycles. The lowest BCUT2D eigenvalue weighted by Gasteiger charge is -2.15. The van der Waals surface area contributed by atoms with Crippen molar-refractivity contribution in [3.8, 4) is 0 Å². The van der Waals surface area contributed by atoms with E-state index < -0.39 is 0 Å². The fourth-order valence-corrected chi connectivity index (χ4v) is 2.20. The summed E-state index contributed by atoms with van der Waals surface area (Å²) in [5, 5.41) is 0.518. The van der Waals surface area contributed by atoms with Crippen LogP contribution in [-0.2, 0) is 6.54 Å². The summed E-state index contributed by atoms with van der Waals surface area (Å²) in [7, 11) is 1.98. The molecule has 0 aliphatic heterocycles. The Labute approximate surface area is 124 Å². The fourth-order valence-electron chi connectivity index (χ4n) is 1.96. The zero-order valence-corrected chi connectivity index (χ0v) is 12.2. The number of benzene rings is 1. The van der Waals surface area contributed by atoms with Gasteiger partial charge in [-0.1, -0.05) is 29.8 Å². The minimum absolute atomic E-state index is 0.0727. The Bertz CT molecular complexity index is 572. The van der Waals surface area contributed by atoms with E-state index in [0.717, 1.165) is 12.2 Å². The summed E-state index contributed by atoms with van der Waals surface area (Å²) in [5.41, 5.74) is 1.60. The maximum Gasteiger partial charge on any atom is 0.165 e. The molecule has 1 heterocycles. The number of Topliss-reactive ketones (excluding diaryl/α,β-unsaturated/α-hetero) is 1. The third kappa shape index (κ3) is 4.15. The van der Waals surface area contributed by atoms with Crippen molar-refractivity contribution in [2.45, 2.75) is 13.0 Å². The quantitative estimate of drug-likeness (QED) is 0.764. The molecule has 2 rings (SSSR count). The second kappa shape index (κ2) is 7.17. The molecule has 0 aliphatic carbocycles. The van der Waals surface area contributed by atoms with Crippen molar-refractivity contribution in [3.63, 3.8) is 0 Å². The predicted octanol–water partition coefficient (Wildman–Crippen LogP) is 3.44. The van der Waals surface area contributed by atoms with E-state index in [1.165, 1.54) is 0 Å². The Kier molecular flexibility index (Phi) is 5.27. The van der Waals surface area contributed by atoms with E-state index in [2.05, 4.69) is 9.88 Å². The minimum atomic E-state index is 0.0727. The zero-order chi connectivity index (χ0) is 14.4. The number of pyridine rings is 1. The topological polar surface area (TPSA) is 33.2 Å². The van der Waals surface area contributed by atoms with E-state index in [9.17, 15) is 4.79 Å². The van der Waals surface area contributed by atoms with Gasteiger partial charge in [0.25, 0.3) is 0 Å². The normalized spacial score (nSPS) is 10.8. The van der Waals surface area contributed by atoms with Gasteiger partial charge in [-0.3, -0.25) is 9.78 Å². The molecule has 0 aliphatic rings. The molecular formula is C16H17ClN2O. The van der Waals surface area contributed by atoms with Gasteiger partial charge in [-0.15, -0.1) is 0 Å². The van der Waals surface area contributed by atoms with Crippen LogP contribution < -0.4 is 0 Å². The summed E-state index contributed by atoms with van der Waals surface area (Å²) in [6, 6.07) is 13.0. The summed E-state index contributed by atoms with van der Waals surface area (Å²) >= 11 is 6.02. The van der Waals surface area contributed by atoms with Gasteiger partial charge in [-0.05, 0) is 31.3 Å². The van der Waals surface area contributed by atoms with Crippen LogP contribution in [0.15, 0.2) is 48.7 Å². The Morgan fingerprint density at radius 2 is 1.95 bits per heavy atom. The van der Waals surface area contributed by atoms with Crippen LogP contribution in [0.4, 0.5) is 0 Å². The fraction of sp³-hybridized carbons (Fsp3) is 0.250. The van der Waals surface area contributed by atoms with E-state index in [1.807, 2.05) is 37.4 Å². The molecule has 0 saturated heterocycles. The lowest BCUT2D eigenvalue weighted by atomic mass is 10.1. The lowest BCUT2D eigenvalue weighted by molar-refractivity contribution is 0.0968. The van der Waals surface area contributed by atoms with Gasteiger partial charge in [-0.25, -0.2) is 0 Å². The second-order valence-electron chi connectivity index (χ2n) is 4.71. The number of carbonyl (C=O) groups is 1. The summed E-state index contributed by atoms with van der Waals surface area (Å²) in [6.07, 6.45) is 2.23. The third-order valence-electron chi connectivity index (χ3n) is 3.05. The molecule has 4 heteroatoms. The van der Waals surface area contributed by atoms with Gasteiger partial charge >= 0.3 is 0 Å². The average Bonchev–Trinajstić information content (AvgIpc) is 2.46. The van der Waals surface area contributed by atoms with Crippen molar-refractivity contribution in [2.75, 3.05) is 13.6 Å². The van der Waals surface area contributed by atoms with Crippen LogP contribution in [0.2, 0.25) is 5.02 Å². The summed E-state index contributed by atoms with van der Waals surface area (Å²) in [6.45, 7) is 1.41. The first-order chi connectivity index (χ1) is 9.66. The maximum atomic E-state index is 12.1. The third-order valence-corrected chi connectivity index (χ3v) is 3.38. The van der Waals surface area contributed by atoms with Crippen molar-refractivity contribution in [1.82, 2.24) is 9.88 Å².